The van der Waals surface area contributed by atoms with Crippen LogP contribution >= 0.6 is 47.1 Å². The molecule has 6 nitrogen and oxygen atoms in total. The van der Waals surface area contributed by atoms with E-state index in [9.17, 15) is 0 Å². The van der Waals surface area contributed by atoms with Crippen molar-refractivity contribution in [1.82, 2.24) is 25.4 Å². The summed E-state index contributed by atoms with van der Waals surface area (Å²) in [5.41, 5.74) is 2.37. The van der Waals surface area contributed by atoms with Crippen molar-refractivity contribution < 1.29 is 0 Å². The summed E-state index contributed by atoms with van der Waals surface area (Å²) in [4.78, 5) is 8.95. The van der Waals surface area contributed by atoms with E-state index < -0.39 is 0 Å². The number of aromatic nitrogens is 3. The van der Waals surface area contributed by atoms with Crippen LogP contribution in [0.5, 0.6) is 0 Å². The smallest absolute Gasteiger partial charge is 0.191 e. The number of aliphatic imine (C=N–C) groups is 1. The van der Waals surface area contributed by atoms with Crippen LogP contribution in [0.3, 0.4) is 0 Å². The third-order valence-electron chi connectivity index (χ3n) is 3.96. The van der Waals surface area contributed by atoms with Crippen LogP contribution < -0.4 is 10.6 Å². The molecule has 29 heavy (non-hydrogen) atoms. The van der Waals surface area contributed by atoms with E-state index in [1.807, 2.05) is 28.5 Å². The van der Waals surface area contributed by atoms with Crippen molar-refractivity contribution in [3.63, 3.8) is 0 Å². The molecule has 0 atom stereocenters. The highest BCUT2D eigenvalue weighted by Crippen LogP contribution is 2.20. The molecule has 0 aliphatic heterocycles. The Kier molecular flexibility index (Phi) is 11.1. The van der Waals surface area contributed by atoms with Gasteiger partial charge in [0.25, 0.3) is 0 Å². The highest BCUT2D eigenvalue weighted by Gasteiger charge is 2.00. The Morgan fingerprint density at radius 1 is 1.21 bits per heavy atom. The average Bonchev–Trinajstić information content (AvgIpc) is 3.42. The standard InChI is InChI=1S/C20H26N6S2.HI/c1-2-21-19(22-10-4-15-27-20-24-13-16-28-20)23-12-9-17-5-7-18(8-6-17)26-14-3-11-25-26;/h3,5-8,11,13-14,16H,2,4,9-10,12,15H2,1H3,(H2,21,22,23);1H. The lowest BCUT2D eigenvalue weighted by Gasteiger charge is -2.11. The molecule has 0 amide bonds. The zero-order chi connectivity index (χ0) is 19.4. The van der Waals surface area contributed by atoms with E-state index >= 15 is 0 Å². The minimum atomic E-state index is 0. The summed E-state index contributed by atoms with van der Waals surface area (Å²) in [6.07, 6.45) is 7.57. The van der Waals surface area contributed by atoms with Gasteiger partial charge < -0.3 is 10.6 Å². The molecule has 0 saturated heterocycles. The Labute approximate surface area is 197 Å². The van der Waals surface area contributed by atoms with Crippen molar-refractivity contribution in [1.29, 1.82) is 0 Å². The summed E-state index contributed by atoms with van der Waals surface area (Å²) in [6.45, 7) is 4.61. The van der Waals surface area contributed by atoms with Gasteiger partial charge in [-0.05, 0) is 43.5 Å². The maximum absolute atomic E-state index is 4.66. The van der Waals surface area contributed by atoms with Gasteiger partial charge in [0, 0.05) is 49.4 Å². The maximum atomic E-state index is 4.66. The van der Waals surface area contributed by atoms with E-state index in [4.69, 9.17) is 0 Å². The molecule has 9 heteroatoms. The van der Waals surface area contributed by atoms with Gasteiger partial charge >= 0.3 is 0 Å². The molecular formula is C20H27IN6S2. The van der Waals surface area contributed by atoms with Gasteiger partial charge in [-0.15, -0.1) is 35.3 Å². The van der Waals surface area contributed by atoms with Crippen molar-refractivity contribution in [2.45, 2.75) is 24.1 Å². The summed E-state index contributed by atoms with van der Waals surface area (Å²) in [6, 6.07) is 10.4. The SMILES string of the molecule is CCNC(=NCCCSc1nccs1)NCCc1ccc(-n2cccn2)cc1.I. The van der Waals surface area contributed by atoms with E-state index in [0.29, 0.717) is 0 Å². The predicted octanol–water partition coefficient (Wildman–Crippen LogP) is 4.23. The van der Waals surface area contributed by atoms with Crippen LogP contribution in [0.2, 0.25) is 0 Å². The molecule has 0 spiro atoms. The Bertz CT molecular complexity index is 819. The van der Waals surface area contributed by atoms with Gasteiger partial charge in [-0.2, -0.15) is 5.10 Å². The van der Waals surface area contributed by atoms with E-state index in [2.05, 4.69) is 56.9 Å². The third-order valence-corrected chi connectivity index (χ3v) is 6.02. The number of halogens is 1. The summed E-state index contributed by atoms with van der Waals surface area (Å²) < 4.78 is 3.00. The average molecular weight is 543 g/mol. The molecule has 0 saturated carbocycles. The minimum Gasteiger partial charge on any atom is -0.357 e. The van der Waals surface area contributed by atoms with Gasteiger partial charge in [-0.3, -0.25) is 4.99 Å². The first-order chi connectivity index (χ1) is 13.8. The second-order valence-corrected chi connectivity index (χ2v) is 8.29. The number of benzene rings is 1. The number of nitrogens with zero attached hydrogens (tertiary/aromatic N) is 4. The van der Waals surface area contributed by atoms with Crippen molar-refractivity contribution in [3.05, 3.63) is 59.9 Å². The summed E-state index contributed by atoms with van der Waals surface area (Å²) in [7, 11) is 0. The van der Waals surface area contributed by atoms with Gasteiger partial charge in [-0.1, -0.05) is 23.9 Å². The largest absolute Gasteiger partial charge is 0.357 e. The quantitative estimate of drug-likeness (QED) is 0.132. The highest BCUT2D eigenvalue weighted by molar-refractivity contribution is 14.0. The Balaban J connectivity index is 0.00000300. The van der Waals surface area contributed by atoms with Crippen LogP contribution in [0.15, 0.2) is 63.6 Å². The van der Waals surface area contributed by atoms with Crippen LogP contribution in [-0.2, 0) is 6.42 Å². The lowest BCUT2D eigenvalue weighted by atomic mass is 10.1. The molecule has 3 aromatic rings. The highest BCUT2D eigenvalue weighted by atomic mass is 127. The lowest BCUT2D eigenvalue weighted by molar-refractivity contribution is 0.794. The number of hydrogen-bond acceptors (Lipinski definition) is 5. The molecule has 156 valence electrons. The number of guanidine groups is 1. The molecule has 0 aliphatic rings. The fourth-order valence-corrected chi connectivity index (χ4v) is 4.23. The first-order valence-electron chi connectivity index (χ1n) is 9.48. The first-order valence-corrected chi connectivity index (χ1v) is 11.3. The van der Waals surface area contributed by atoms with Crippen LogP contribution in [0.25, 0.3) is 5.69 Å². The second-order valence-electron chi connectivity index (χ2n) is 6.05. The number of thiazole rings is 1. The zero-order valence-corrected chi connectivity index (χ0v) is 20.4. The fraction of sp³-hybridized carbons (Fsp3) is 0.350. The second kappa shape index (κ2) is 13.6. The molecule has 0 radical (unpaired) electrons. The first kappa shape index (κ1) is 23.7. The van der Waals surface area contributed by atoms with Gasteiger partial charge in [0.15, 0.2) is 5.96 Å². The van der Waals surface area contributed by atoms with Crippen molar-refractivity contribution in [2.75, 3.05) is 25.4 Å². The van der Waals surface area contributed by atoms with Crippen molar-refractivity contribution in [2.24, 2.45) is 4.99 Å². The van der Waals surface area contributed by atoms with Crippen LogP contribution in [-0.4, -0.2) is 46.1 Å². The molecule has 0 bridgehead atoms. The minimum absolute atomic E-state index is 0. The number of thioether (sulfide) groups is 1. The number of rotatable bonds is 10. The van der Waals surface area contributed by atoms with E-state index in [-0.39, 0.29) is 24.0 Å². The molecule has 0 unspecified atom stereocenters. The Morgan fingerprint density at radius 2 is 2.07 bits per heavy atom. The number of hydrogen-bond donors (Lipinski definition) is 2. The molecular weight excluding hydrogens is 515 g/mol. The van der Waals surface area contributed by atoms with Gasteiger partial charge in [-0.25, -0.2) is 9.67 Å². The van der Waals surface area contributed by atoms with Crippen LogP contribution in [0, 0.1) is 0 Å². The fourth-order valence-electron chi connectivity index (χ4n) is 2.60. The normalized spacial score (nSPS) is 11.1. The molecule has 0 aliphatic carbocycles. The van der Waals surface area contributed by atoms with E-state index in [1.54, 1.807) is 29.3 Å². The van der Waals surface area contributed by atoms with Crippen molar-refractivity contribution >= 4 is 53.0 Å². The topological polar surface area (TPSA) is 67.1 Å². The van der Waals surface area contributed by atoms with Gasteiger partial charge in [0.05, 0.1) is 5.69 Å². The molecule has 2 heterocycles. The Hall–Kier alpha value is -1.59. The van der Waals surface area contributed by atoms with Crippen molar-refractivity contribution in [3.8, 4) is 5.69 Å². The van der Waals surface area contributed by atoms with E-state index in [1.165, 1.54) is 5.56 Å². The molecule has 3 rings (SSSR count). The monoisotopic (exact) mass is 542 g/mol. The van der Waals surface area contributed by atoms with Crippen LogP contribution in [0.4, 0.5) is 0 Å². The number of nitrogens with one attached hydrogen (secondary N) is 2. The van der Waals surface area contributed by atoms with Gasteiger partial charge in [0.2, 0.25) is 0 Å². The lowest BCUT2D eigenvalue weighted by Crippen LogP contribution is -2.38. The molecule has 2 aromatic heterocycles. The maximum Gasteiger partial charge on any atom is 0.191 e. The summed E-state index contributed by atoms with van der Waals surface area (Å²) >= 11 is 3.49. The van der Waals surface area contributed by atoms with Crippen LogP contribution in [0.1, 0.15) is 18.9 Å². The zero-order valence-electron chi connectivity index (χ0n) is 16.5. The summed E-state index contributed by atoms with van der Waals surface area (Å²) in [5.74, 6) is 1.92. The predicted molar refractivity (Wildman–Crippen MR) is 134 cm³/mol. The Morgan fingerprint density at radius 3 is 2.76 bits per heavy atom. The molecule has 1 aromatic carbocycles. The van der Waals surface area contributed by atoms with Gasteiger partial charge in [0.1, 0.15) is 4.34 Å². The van der Waals surface area contributed by atoms with E-state index in [0.717, 1.165) is 54.2 Å². The molecule has 0 fully saturated rings. The third kappa shape index (κ3) is 8.35. The summed E-state index contributed by atoms with van der Waals surface area (Å²) in [5, 5.41) is 13.0. The molecule has 2 N–H and O–H groups in total.